The second kappa shape index (κ2) is 11.8. The average Bonchev–Trinajstić information content (AvgIpc) is 3.60. The summed E-state index contributed by atoms with van der Waals surface area (Å²) < 4.78 is 2.35. The Labute approximate surface area is 300 Å². The fourth-order valence-corrected chi connectivity index (χ4v) is 11.2. The quantitative estimate of drug-likeness (QED) is 0.133. The first-order valence-electron chi connectivity index (χ1n) is 17.1. The van der Waals surface area contributed by atoms with Gasteiger partial charge in [-0.3, -0.25) is 9.38 Å². The number of rotatable bonds is 5. The van der Waals surface area contributed by atoms with Crippen molar-refractivity contribution in [3.05, 3.63) is 182 Å². The minimum atomic E-state index is -2.34. The van der Waals surface area contributed by atoms with Crippen LogP contribution in [0.3, 0.4) is 0 Å². The van der Waals surface area contributed by atoms with E-state index >= 15 is 0 Å². The van der Waals surface area contributed by atoms with Gasteiger partial charge in [0.05, 0.1) is 28.0 Å². The Morgan fingerprint density at radius 2 is 1.12 bits per heavy atom. The summed E-state index contributed by atoms with van der Waals surface area (Å²) in [6.07, 6.45) is 2.00. The molecule has 10 aromatic rings. The molecular formula is C46H30N3PS. The molecule has 0 aliphatic carbocycles. The molecule has 5 heteroatoms. The molecule has 0 radical (unpaired) electrons. The number of nitrogens with zero attached hydrogens (tertiary/aromatic N) is 3. The Bertz CT molecular complexity index is 2930. The molecule has 0 spiro atoms. The van der Waals surface area contributed by atoms with Crippen molar-refractivity contribution < 1.29 is 0 Å². The first-order valence-corrected chi connectivity index (χ1v) is 19.9. The smallest absolute Gasteiger partial charge is 0.147 e. The number of aromatic nitrogens is 3. The summed E-state index contributed by atoms with van der Waals surface area (Å²) >= 11 is 6.57. The van der Waals surface area contributed by atoms with Crippen LogP contribution in [0.25, 0.3) is 71.4 Å². The van der Waals surface area contributed by atoms with E-state index in [1.54, 1.807) is 0 Å². The van der Waals surface area contributed by atoms with Crippen LogP contribution in [0.5, 0.6) is 0 Å². The van der Waals surface area contributed by atoms with E-state index in [1.807, 2.05) is 18.3 Å². The predicted molar refractivity (Wildman–Crippen MR) is 220 cm³/mol. The zero-order valence-electron chi connectivity index (χ0n) is 27.5. The van der Waals surface area contributed by atoms with Crippen LogP contribution in [0.1, 0.15) is 0 Å². The van der Waals surface area contributed by atoms with E-state index in [4.69, 9.17) is 21.8 Å². The zero-order valence-corrected chi connectivity index (χ0v) is 29.2. The molecule has 240 valence electrons. The normalized spacial score (nSPS) is 12.0. The Morgan fingerprint density at radius 1 is 0.471 bits per heavy atom. The van der Waals surface area contributed by atoms with Crippen molar-refractivity contribution in [3.8, 4) is 22.3 Å². The fourth-order valence-electron chi connectivity index (χ4n) is 7.59. The van der Waals surface area contributed by atoms with Crippen LogP contribution in [0, 0.1) is 0 Å². The first-order chi connectivity index (χ1) is 25.2. The monoisotopic (exact) mass is 687 g/mol. The molecule has 0 saturated heterocycles. The molecule has 3 heterocycles. The predicted octanol–water partition coefficient (Wildman–Crippen LogP) is 10.4. The number of hydrogen-bond acceptors (Lipinski definition) is 3. The summed E-state index contributed by atoms with van der Waals surface area (Å²) in [5.41, 5.74) is 9.64. The van der Waals surface area contributed by atoms with Crippen molar-refractivity contribution in [2.24, 2.45) is 0 Å². The van der Waals surface area contributed by atoms with E-state index in [2.05, 4.69) is 168 Å². The standard InChI is InChI=1S/C46H30N3PS/c51-50(36-15-6-2-7-16-36,37-17-8-3-9-18-37)44-27-23-35(30-47-44)33-22-26-42-40(28-33)39-24-20-32-14-10-11-19-38(32)45(39)46-48-41-25-21-34(29-43(41)49(42)46)31-12-4-1-5-13-31/h1-30H. The van der Waals surface area contributed by atoms with Crippen LogP contribution >= 0.6 is 6.04 Å². The van der Waals surface area contributed by atoms with Crippen molar-refractivity contribution in [3.63, 3.8) is 0 Å². The van der Waals surface area contributed by atoms with Gasteiger partial charge in [0.25, 0.3) is 0 Å². The fraction of sp³-hybridized carbons (Fsp3) is 0. The summed E-state index contributed by atoms with van der Waals surface area (Å²) in [5.74, 6) is 0. The maximum Gasteiger partial charge on any atom is 0.147 e. The van der Waals surface area contributed by atoms with Gasteiger partial charge in [-0.15, -0.1) is 0 Å². The van der Waals surface area contributed by atoms with Crippen LogP contribution < -0.4 is 16.0 Å². The Balaban J connectivity index is 1.19. The second-order valence-corrected chi connectivity index (χ2v) is 17.3. The molecule has 0 bridgehead atoms. The molecule has 0 aliphatic heterocycles. The van der Waals surface area contributed by atoms with Crippen molar-refractivity contribution >= 4 is 83.0 Å². The summed E-state index contributed by atoms with van der Waals surface area (Å²) in [5, 5.41) is 8.20. The lowest BCUT2D eigenvalue weighted by Gasteiger charge is -2.23. The van der Waals surface area contributed by atoms with E-state index < -0.39 is 6.04 Å². The molecule has 0 amide bonds. The van der Waals surface area contributed by atoms with Crippen molar-refractivity contribution in [2.45, 2.75) is 0 Å². The summed E-state index contributed by atoms with van der Waals surface area (Å²) in [6, 6.07) is 60.0. The van der Waals surface area contributed by atoms with Gasteiger partial charge in [0.1, 0.15) is 5.65 Å². The van der Waals surface area contributed by atoms with Crippen LogP contribution in [-0.4, -0.2) is 14.4 Å². The third-order valence-electron chi connectivity index (χ3n) is 10.1. The third-order valence-corrected chi connectivity index (χ3v) is 14.9. The molecule has 51 heavy (non-hydrogen) atoms. The van der Waals surface area contributed by atoms with Crippen LogP contribution in [0.15, 0.2) is 182 Å². The number of benzene rings is 7. The average molecular weight is 688 g/mol. The maximum absolute atomic E-state index is 6.57. The second-order valence-electron chi connectivity index (χ2n) is 13.0. The molecule has 10 rings (SSSR count). The van der Waals surface area contributed by atoms with Gasteiger partial charge >= 0.3 is 0 Å². The van der Waals surface area contributed by atoms with Gasteiger partial charge in [0.15, 0.2) is 0 Å². The van der Waals surface area contributed by atoms with E-state index in [-0.39, 0.29) is 0 Å². The van der Waals surface area contributed by atoms with Gasteiger partial charge in [-0.05, 0) is 73.8 Å². The van der Waals surface area contributed by atoms with E-state index in [9.17, 15) is 0 Å². The lowest BCUT2D eigenvalue weighted by atomic mass is 9.97. The van der Waals surface area contributed by atoms with E-state index in [1.165, 1.54) is 32.7 Å². The molecule has 0 aliphatic rings. The van der Waals surface area contributed by atoms with E-state index in [0.29, 0.717) is 0 Å². The minimum Gasteiger partial charge on any atom is -0.292 e. The molecule has 0 N–H and O–H groups in total. The van der Waals surface area contributed by atoms with E-state index in [0.717, 1.165) is 54.8 Å². The van der Waals surface area contributed by atoms with Crippen LogP contribution in [-0.2, 0) is 11.8 Å². The van der Waals surface area contributed by atoms with Crippen molar-refractivity contribution in [2.75, 3.05) is 0 Å². The molecule has 0 atom stereocenters. The van der Waals surface area contributed by atoms with Gasteiger partial charge in [-0.25, -0.2) is 4.98 Å². The van der Waals surface area contributed by atoms with Gasteiger partial charge in [-0.1, -0.05) is 157 Å². The molecule has 0 fully saturated rings. The van der Waals surface area contributed by atoms with Crippen molar-refractivity contribution in [1.29, 1.82) is 0 Å². The number of imidazole rings is 1. The Hall–Kier alpha value is -5.93. The van der Waals surface area contributed by atoms with Gasteiger partial charge in [-0.2, -0.15) is 0 Å². The van der Waals surface area contributed by atoms with Crippen LogP contribution in [0.4, 0.5) is 0 Å². The number of hydrogen-bond donors (Lipinski definition) is 0. The topological polar surface area (TPSA) is 30.2 Å². The largest absolute Gasteiger partial charge is 0.292 e. The Morgan fingerprint density at radius 3 is 1.84 bits per heavy atom. The highest BCUT2D eigenvalue weighted by Crippen LogP contribution is 2.43. The van der Waals surface area contributed by atoms with Crippen molar-refractivity contribution in [1.82, 2.24) is 14.4 Å². The minimum absolute atomic E-state index is 0.942. The zero-order chi connectivity index (χ0) is 33.9. The van der Waals surface area contributed by atoms with Gasteiger partial charge in [0, 0.05) is 22.5 Å². The first kappa shape index (κ1) is 29.9. The number of pyridine rings is 2. The molecule has 7 aromatic carbocycles. The molecule has 0 unspecified atom stereocenters. The van der Waals surface area contributed by atoms with Gasteiger partial charge < -0.3 is 0 Å². The highest BCUT2D eigenvalue weighted by atomic mass is 32.4. The molecule has 3 aromatic heterocycles. The number of fused-ring (bicyclic) bond motifs is 10. The molecular weight excluding hydrogens is 658 g/mol. The lowest BCUT2D eigenvalue weighted by molar-refractivity contribution is 1.32. The highest BCUT2D eigenvalue weighted by Gasteiger charge is 2.26. The maximum atomic E-state index is 6.57. The Kier molecular flexibility index (Phi) is 6.95. The summed E-state index contributed by atoms with van der Waals surface area (Å²) in [7, 11) is 0. The lowest BCUT2D eigenvalue weighted by Crippen LogP contribution is -2.26. The van der Waals surface area contributed by atoms with Gasteiger partial charge in [0.2, 0.25) is 0 Å². The third kappa shape index (κ3) is 4.76. The molecule has 0 saturated carbocycles. The SMILES string of the molecule is S=P(c1ccccc1)(c1ccccc1)c1ccc(-c2ccc3c(c2)c2ccc4ccccc4c2c2nc4ccc(-c5ccccc5)cc4n32)cn1. The summed E-state index contributed by atoms with van der Waals surface area (Å²) in [4.78, 5) is 10.4. The molecule has 3 nitrogen and oxygen atoms in total. The summed E-state index contributed by atoms with van der Waals surface area (Å²) in [6.45, 7) is 0. The van der Waals surface area contributed by atoms with Crippen LogP contribution in [0.2, 0.25) is 0 Å². The highest BCUT2D eigenvalue weighted by molar-refractivity contribution is 8.25.